The van der Waals surface area contributed by atoms with Crippen LogP contribution >= 0.6 is 23.4 Å². The molecule has 3 aliphatic rings. The molecule has 10 heteroatoms. The van der Waals surface area contributed by atoms with Crippen molar-refractivity contribution >= 4 is 52.5 Å². The van der Waals surface area contributed by atoms with E-state index in [1.807, 2.05) is 32.9 Å². The predicted octanol–water partition coefficient (Wildman–Crippen LogP) is 4.73. The van der Waals surface area contributed by atoms with Crippen LogP contribution in [-0.4, -0.2) is 63.0 Å². The number of halogens is 1. The zero-order valence-corrected chi connectivity index (χ0v) is 24.7. The van der Waals surface area contributed by atoms with Crippen molar-refractivity contribution in [1.82, 2.24) is 4.90 Å². The quantitative estimate of drug-likeness (QED) is 0.393. The molecule has 0 radical (unpaired) electrons. The monoisotopic (exact) mass is 585 g/mol. The van der Waals surface area contributed by atoms with Crippen molar-refractivity contribution in [3.05, 3.63) is 53.1 Å². The van der Waals surface area contributed by atoms with Gasteiger partial charge in [-0.05, 0) is 68.5 Å². The summed E-state index contributed by atoms with van der Waals surface area (Å²) in [4.78, 5) is 43.8. The normalized spacial score (nSPS) is 29.3. The lowest BCUT2D eigenvalue weighted by atomic mass is 9.66. The third kappa shape index (κ3) is 4.56. The van der Waals surface area contributed by atoms with Crippen LogP contribution in [0, 0.1) is 24.7 Å². The van der Waals surface area contributed by atoms with Crippen molar-refractivity contribution in [3.8, 4) is 5.75 Å². The topological polar surface area (TPSA) is 108 Å². The number of aliphatic hydroxyl groups is 1. The number of thioether (sulfide) groups is 1. The molecule has 5 rings (SSSR count). The van der Waals surface area contributed by atoms with E-state index in [2.05, 4.69) is 17.6 Å². The Bertz CT molecular complexity index is 1280. The minimum absolute atomic E-state index is 0.00951. The standard InChI is InChI=1S/C30H36ClN3O5S/c1-5-19(15-35)34-26(28(37)33-25-16(3)8-7-9-21(25)31)30-17(4)14-22(40-30)23(24(30)29(34)38)27(36)32-18-10-12-20(13-11-18)39-6-2/h7-13,17,19,22-24,26,35H,5-6,14-15H2,1-4H3,(H,32,36)(H,33,37)/t17?,19-,22+,23-,24-,26?,30?/m0/s1. The molecule has 2 bridgehead atoms. The van der Waals surface area contributed by atoms with E-state index in [-0.39, 0.29) is 35.5 Å². The van der Waals surface area contributed by atoms with Crippen LogP contribution in [-0.2, 0) is 14.4 Å². The van der Waals surface area contributed by atoms with E-state index in [0.29, 0.717) is 41.6 Å². The summed E-state index contributed by atoms with van der Waals surface area (Å²) >= 11 is 8.04. The van der Waals surface area contributed by atoms with Crippen LogP contribution < -0.4 is 15.4 Å². The number of nitrogens with one attached hydrogen (secondary N) is 2. The second kappa shape index (κ2) is 11.3. The molecule has 7 atom stereocenters. The van der Waals surface area contributed by atoms with E-state index in [4.69, 9.17) is 16.3 Å². The van der Waals surface area contributed by atoms with E-state index in [1.54, 1.807) is 47.0 Å². The van der Waals surface area contributed by atoms with Crippen molar-refractivity contribution in [2.75, 3.05) is 23.8 Å². The van der Waals surface area contributed by atoms with Crippen molar-refractivity contribution in [3.63, 3.8) is 0 Å². The smallest absolute Gasteiger partial charge is 0.248 e. The zero-order chi connectivity index (χ0) is 28.8. The molecule has 3 unspecified atom stereocenters. The molecule has 3 N–H and O–H groups in total. The lowest BCUT2D eigenvalue weighted by molar-refractivity contribution is -0.141. The Morgan fingerprint density at radius 1 is 1.18 bits per heavy atom. The van der Waals surface area contributed by atoms with Gasteiger partial charge in [0.1, 0.15) is 11.8 Å². The molecule has 3 heterocycles. The number of rotatable bonds is 9. The number of ether oxygens (including phenoxy) is 1. The predicted molar refractivity (Wildman–Crippen MR) is 158 cm³/mol. The van der Waals surface area contributed by atoms with Crippen molar-refractivity contribution in [2.24, 2.45) is 17.8 Å². The third-order valence-corrected chi connectivity index (χ3v) is 11.1. The summed E-state index contributed by atoms with van der Waals surface area (Å²) in [6, 6.07) is 11.2. The van der Waals surface area contributed by atoms with E-state index >= 15 is 0 Å². The van der Waals surface area contributed by atoms with Gasteiger partial charge in [0.2, 0.25) is 17.7 Å². The maximum absolute atomic E-state index is 14.3. The number of aryl methyl sites for hydroxylation is 1. The summed E-state index contributed by atoms with van der Waals surface area (Å²) < 4.78 is 4.70. The number of para-hydroxylation sites is 1. The zero-order valence-electron chi connectivity index (χ0n) is 23.1. The molecule has 3 fully saturated rings. The van der Waals surface area contributed by atoms with Crippen molar-refractivity contribution in [2.45, 2.75) is 62.6 Å². The van der Waals surface area contributed by atoms with Crippen LogP contribution in [0.25, 0.3) is 0 Å². The van der Waals surface area contributed by atoms with Crippen LogP contribution in [0.5, 0.6) is 5.75 Å². The van der Waals surface area contributed by atoms with Gasteiger partial charge in [0, 0.05) is 10.9 Å². The first kappa shape index (κ1) is 28.8. The van der Waals surface area contributed by atoms with Crippen LogP contribution in [0.2, 0.25) is 5.02 Å². The highest BCUT2D eigenvalue weighted by Gasteiger charge is 2.76. The average Bonchev–Trinajstić information content (AvgIpc) is 3.52. The number of carbonyl (C=O) groups excluding carboxylic acids is 3. The number of carbonyl (C=O) groups is 3. The first-order valence-electron chi connectivity index (χ1n) is 13.9. The second-order valence-electron chi connectivity index (χ2n) is 10.9. The second-order valence-corrected chi connectivity index (χ2v) is 12.9. The van der Waals surface area contributed by atoms with E-state index in [9.17, 15) is 19.5 Å². The van der Waals surface area contributed by atoms with Crippen molar-refractivity contribution < 1.29 is 24.2 Å². The van der Waals surface area contributed by atoms with Gasteiger partial charge in [-0.25, -0.2) is 0 Å². The maximum Gasteiger partial charge on any atom is 0.248 e. The summed E-state index contributed by atoms with van der Waals surface area (Å²) in [6.07, 6.45) is 1.19. The molecule has 3 amide bonds. The van der Waals surface area contributed by atoms with Gasteiger partial charge in [0.05, 0.1) is 46.5 Å². The lowest BCUT2D eigenvalue weighted by Gasteiger charge is -2.40. The number of nitrogens with zero attached hydrogens (tertiary/aromatic N) is 1. The Morgan fingerprint density at radius 3 is 2.52 bits per heavy atom. The molecule has 8 nitrogen and oxygen atoms in total. The molecule has 40 heavy (non-hydrogen) atoms. The fourth-order valence-electron chi connectivity index (χ4n) is 6.87. The third-order valence-electron chi connectivity index (χ3n) is 8.71. The summed E-state index contributed by atoms with van der Waals surface area (Å²) in [5.41, 5.74) is 1.94. The fourth-order valence-corrected chi connectivity index (χ4v) is 9.55. The van der Waals surface area contributed by atoms with Gasteiger partial charge in [-0.3, -0.25) is 14.4 Å². The van der Waals surface area contributed by atoms with Gasteiger partial charge < -0.3 is 25.4 Å². The van der Waals surface area contributed by atoms with Crippen LogP contribution in [0.15, 0.2) is 42.5 Å². The molecule has 0 aromatic heterocycles. The van der Waals surface area contributed by atoms with E-state index < -0.39 is 28.7 Å². The Kier molecular flexibility index (Phi) is 8.10. The molecule has 3 aliphatic heterocycles. The summed E-state index contributed by atoms with van der Waals surface area (Å²) in [7, 11) is 0. The molecule has 2 aromatic carbocycles. The SMILES string of the molecule is CCOc1ccc(NC(=O)[C@@H]2[C@H]3C(=O)N([C@@H](CC)CO)C(C(=O)Nc4c(C)cccc4Cl)C34S[C@@H]2CC4C)cc1. The molecular weight excluding hydrogens is 550 g/mol. The number of fused-ring (bicyclic) bond motifs is 1. The van der Waals surface area contributed by atoms with E-state index in [0.717, 1.165) is 5.56 Å². The van der Waals surface area contributed by atoms with Crippen molar-refractivity contribution in [1.29, 1.82) is 0 Å². The van der Waals surface area contributed by atoms with E-state index in [1.165, 1.54) is 0 Å². The minimum Gasteiger partial charge on any atom is -0.494 e. The van der Waals surface area contributed by atoms with Gasteiger partial charge >= 0.3 is 0 Å². The van der Waals surface area contributed by atoms with Gasteiger partial charge in [-0.15, -0.1) is 11.8 Å². The Balaban J connectivity index is 1.50. The fraction of sp³-hybridized carbons (Fsp3) is 0.500. The molecule has 0 aliphatic carbocycles. The summed E-state index contributed by atoms with van der Waals surface area (Å²) in [5, 5.41) is 16.6. The molecular formula is C30H36ClN3O5S. The largest absolute Gasteiger partial charge is 0.494 e. The molecule has 3 saturated heterocycles. The maximum atomic E-state index is 14.3. The van der Waals surface area contributed by atoms with Gasteiger partial charge in [-0.2, -0.15) is 0 Å². The Labute approximate surface area is 244 Å². The number of aliphatic hydroxyl groups excluding tert-OH is 1. The summed E-state index contributed by atoms with van der Waals surface area (Å²) in [5.74, 6) is -1.38. The number of likely N-dealkylation sites (tertiary alicyclic amines) is 1. The molecule has 1 spiro atoms. The minimum atomic E-state index is -0.856. The summed E-state index contributed by atoms with van der Waals surface area (Å²) in [6.45, 7) is 8.00. The Hall–Kier alpha value is -2.75. The van der Waals surface area contributed by atoms with Crippen LogP contribution in [0.1, 0.15) is 39.2 Å². The lowest BCUT2D eigenvalue weighted by Crippen LogP contribution is -2.57. The highest BCUT2D eigenvalue weighted by Crippen LogP contribution is 2.69. The number of amides is 3. The number of hydrogen-bond acceptors (Lipinski definition) is 6. The van der Waals surface area contributed by atoms with Gasteiger partial charge in [0.15, 0.2) is 0 Å². The van der Waals surface area contributed by atoms with Crippen LogP contribution in [0.3, 0.4) is 0 Å². The van der Waals surface area contributed by atoms with Crippen LogP contribution in [0.4, 0.5) is 11.4 Å². The highest BCUT2D eigenvalue weighted by atomic mass is 35.5. The number of anilines is 2. The molecule has 0 saturated carbocycles. The average molecular weight is 586 g/mol. The molecule has 214 valence electrons. The number of benzene rings is 2. The first-order valence-corrected chi connectivity index (χ1v) is 15.1. The van der Waals surface area contributed by atoms with Gasteiger partial charge in [0.25, 0.3) is 0 Å². The molecule has 2 aromatic rings. The first-order chi connectivity index (χ1) is 19.2. The number of hydrogen-bond donors (Lipinski definition) is 3. The van der Waals surface area contributed by atoms with Gasteiger partial charge in [-0.1, -0.05) is 37.6 Å². The Morgan fingerprint density at radius 2 is 1.90 bits per heavy atom. The highest BCUT2D eigenvalue weighted by molar-refractivity contribution is 8.02.